The molecule has 1 unspecified atom stereocenters. The molecule has 1 aromatic carbocycles. The number of carbonyl (C=O) groups is 1. The highest BCUT2D eigenvalue weighted by Crippen LogP contribution is 2.36. The smallest absolute Gasteiger partial charge is 0.159 e. The first-order chi connectivity index (χ1) is 8.94. The molecular weight excluding hydrogens is 236 g/mol. The van der Waals surface area contributed by atoms with Crippen LogP contribution in [0.4, 0.5) is 5.69 Å². The molecule has 1 heterocycles. The average molecular weight is 256 g/mol. The van der Waals surface area contributed by atoms with Gasteiger partial charge in [-0.3, -0.25) is 4.79 Å². The van der Waals surface area contributed by atoms with Crippen LogP contribution in [0.25, 0.3) is 0 Å². The number of hydrogen-bond donors (Lipinski definition) is 0. The fourth-order valence-corrected chi connectivity index (χ4v) is 2.72. The third-order valence-electron chi connectivity index (χ3n) is 4.02. The van der Waals surface area contributed by atoms with Gasteiger partial charge in [0.2, 0.25) is 0 Å². The molecule has 2 rings (SSSR count). The van der Waals surface area contributed by atoms with Crippen LogP contribution in [0, 0.1) is 22.7 Å². The second kappa shape index (κ2) is 5.05. The first kappa shape index (κ1) is 13.6. The van der Waals surface area contributed by atoms with E-state index in [0.717, 1.165) is 30.8 Å². The van der Waals surface area contributed by atoms with E-state index < -0.39 is 0 Å². The Labute approximate surface area is 114 Å². The molecule has 0 bridgehead atoms. The Bertz CT molecular complexity index is 511. The predicted octanol–water partition coefficient (Wildman–Crippen LogP) is 3.27. The second-order valence-electron chi connectivity index (χ2n) is 5.98. The summed E-state index contributed by atoms with van der Waals surface area (Å²) in [6.07, 6.45) is 0.901. The fraction of sp³-hybridized carbons (Fsp3) is 0.500. The lowest BCUT2D eigenvalue weighted by molar-refractivity contribution is 0.101. The maximum Gasteiger partial charge on any atom is 0.159 e. The van der Waals surface area contributed by atoms with Crippen LogP contribution in [0.5, 0.6) is 0 Å². The average Bonchev–Trinajstić information content (AvgIpc) is 2.37. The summed E-state index contributed by atoms with van der Waals surface area (Å²) in [5.74, 6) is 0.218. The molecular formula is C16H20N2O. The van der Waals surface area contributed by atoms with Gasteiger partial charge in [0, 0.05) is 24.3 Å². The number of nitrogens with zero attached hydrogens (tertiary/aromatic N) is 2. The Kier molecular flexibility index (Phi) is 3.61. The number of ketones is 1. The number of hydrogen-bond acceptors (Lipinski definition) is 3. The van der Waals surface area contributed by atoms with Crippen molar-refractivity contribution in [3.63, 3.8) is 0 Å². The van der Waals surface area contributed by atoms with E-state index in [1.165, 1.54) is 0 Å². The fourth-order valence-electron chi connectivity index (χ4n) is 2.72. The first-order valence-corrected chi connectivity index (χ1v) is 6.69. The summed E-state index contributed by atoms with van der Waals surface area (Å²) in [6.45, 7) is 7.66. The van der Waals surface area contributed by atoms with Crippen molar-refractivity contribution in [1.29, 1.82) is 5.26 Å². The molecule has 0 spiro atoms. The van der Waals surface area contributed by atoms with Gasteiger partial charge in [-0.2, -0.15) is 5.26 Å². The number of benzene rings is 1. The molecule has 1 aliphatic rings. The molecule has 0 amide bonds. The van der Waals surface area contributed by atoms with Crippen LogP contribution in [0.3, 0.4) is 0 Å². The van der Waals surface area contributed by atoms with Gasteiger partial charge in [0.25, 0.3) is 0 Å². The third-order valence-corrected chi connectivity index (χ3v) is 4.02. The van der Waals surface area contributed by atoms with Crippen molar-refractivity contribution < 1.29 is 4.79 Å². The minimum atomic E-state index is 0.00620. The van der Waals surface area contributed by atoms with E-state index in [1.54, 1.807) is 6.92 Å². The van der Waals surface area contributed by atoms with Crippen molar-refractivity contribution in [1.82, 2.24) is 0 Å². The standard InChI is InChI=1S/C16H20N2O/c1-12(19)13-4-6-15(7-5-13)18-9-8-14(10-17)16(2,3)11-18/h4-7,14H,8-9,11H2,1-3H3. The second-order valence-corrected chi connectivity index (χ2v) is 5.98. The van der Waals surface area contributed by atoms with Crippen LogP contribution < -0.4 is 4.90 Å². The molecule has 3 heteroatoms. The molecule has 0 aromatic heterocycles. The van der Waals surface area contributed by atoms with E-state index in [2.05, 4.69) is 24.8 Å². The maximum atomic E-state index is 11.3. The molecule has 19 heavy (non-hydrogen) atoms. The zero-order chi connectivity index (χ0) is 14.0. The highest BCUT2D eigenvalue weighted by Gasteiger charge is 2.35. The van der Waals surface area contributed by atoms with E-state index in [1.807, 2.05) is 24.3 Å². The SMILES string of the molecule is CC(=O)c1ccc(N2CCC(C#N)C(C)(C)C2)cc1. The zero-order valence-corrected chi connectivity index (χ0v) is 11.8. The van der Waals surface area contributed by atoms with Crippen molar-refractivity contribution in [2.45, 2.75) is 27.2 Å². The molecule has 3 nitrogen and oxygen atoms in total. The van der Waals surface area contributed by atoms with Crippen LogP contribution in [0.2, 0.25) is 0 Å². The molecule has 1 saturated heterocycles. The Morgan fingerprint density at radius 3 is 2.47 bits per heavy atom. The molecule has 0 radical (unpaired) electrons. The third kappa shape index (κ3) is 2.78. The van der Waals surface area contributed by atoms with Crippen molar-refractivity contribution in [2.75, 3.05) is 18.0 Å². The Hall–Kier alpha value is -1.82. The van der Waals surface area contributed by atoms with Gasteiger partial charge in [-0.15, -0.1) is 0 Å². The monoisotopic (exact) mass is 256 g/mol. The summed E-state index contributed by atoms with van der Waals surface area (Å²) in [7, 11) is 0. The lowest BCUT2D eigenvalue weighted by atomic mass is 9.74. The van der Waals surface area contributed by atoms with E-state index in [-0.39, 0.29) is 17.1 Å². The first-order valence-electron chi connectivity index (χ1n) is 6.69. The van der Waals surface area contributed by atoms with E-state index >= 15 is 0 Å². The number of anilines is 1. The Morgan fingerprint density at radius 2 is 2.00 bits per heavy atom. The highest BCUT2D eigenvalue weighted by molar-refractivity contribution is 5.94. The van der Waals surface area contributed by atoms with Crippen LogP contribution in [-0.4, -0.2) is 18.9 Å². The van der Waals surface area contributed by atoms with Crippen molar-refractivity contribution in [3.8, 4) is 6.07 Å². The molecule has 1 aliphatic heterocycles. The van der Waals surface area contributed by atoms with Gasteiger partial charge in [-0.25, -0.2) is 0 Å². The lowest BCUT2D eigenvalue weighted by Crippen LogP contribution is -2.45. The lowest BCUT2D eigenvalue weighted by Gasteiger charge is -2.42. The van der Waals surface area contributed by atoms with Gasteiger partial charge in [-0.1, -0.05) is 13.8 Å². The van der Waals surface area contributed by atoms with Gasteiger partial charge in [-0.05, 0) is 43.0 Å². The van der Waals surface area contributed by atoms with Crippen molar-refractivity contribution >= 4 is 11.5 Å². The van der Waals surface area contributed by atoms with Crippen LogP contribution in [0.15, 0.2) is 24.3 Å². The van der Waals surface area contributed by atoms with Crippen LogP contribution >= 0.6 is 0 Å². The minimum absolute atomic E-state index is 0.00620. The summed E-state index contributed by atoms with van der Waals surface area (Å²) in [4.78, 5) is 13.6. The van der Waals surface area contributed by atoms with Crippen LogP contribution in [-0.2, 0) is 0 Å². The molecule has 0 N–H and O–H groups in total. The largest absolute Gasteiger partial charge is 0.371 e. The molecule has 1 aromatic rings. The predicted molar refractivity (Wildman–Crippen MR) is 76.2 cm³/mol. The van der Waals surface area contributed by atoms with E-state index in [0.29, 0.717) is 0 Å². The normalized spacial score (nSPS) is 21.8. The van der Waals surface area contributed by atoms with E-state index in [4.69, 9.17) is 0 Å². The summed E-state index contributed by atoms with van der Waals surface area (Å²) >= 11 is 0. The number of carbonyl (C=O) groups excluding carboxylic acids is 1. The van der Waals surface area contributed by atoms with E-state index in [9.17, 15) is 10.1 Å². The van der Waals surface area contributed by atoms with Crippen molar-refractivity contribution in [3.05, 3.63) is 29.8 Å². The van der Waals surface area contributed by atoms with Crippen molar-refractivity contribution in [2.24, 2.45) is 11.3 Å². The summed E-state index contributed by atoms with van der Waals surface area (Å²) < 4.78 is 0. The van der Waals surface area contributed by atoms with Gasteiger partial charge < -0.3 is 4.90 Å². The van der Waals surface area contributed by atoms with Gasteiger partial charge >= 0.3 is 0 Å². The van der Waals surface area contributed by atoms with Gasteiger partial charge in [0.05, 0.1) is 12.0 Å². The van der Waals surface area contributed by atoms with Gasteiger partial charge in [0.15, 0.2) is 5.78 Å². The molecule has 1 fully saturated rings. The highest BCUT2D eigenvalue weighted by atomic mass is 16.1. The number of piperidine rings is 1. The molecule has 0 aliphatic carbocycles. The summed E-state index contributed by atoms with van der Waals surface area (Å²) in [5, 5.41) is 9.17. The Morgan fingerprint density at radius 1 is 1.37 bits per heavy atom. The number of rotatable bonds is 2. The zero-order valence-electron chi connectivity index (χ0n) is 11.8. The topological polar surface area (TPSA) is 44.1 Å². The van der Waals surface area contributed by atoms with Gasteiger partial charge in [0.1, 0.15) is 0 Å². The molecule has 100 valence electrons. The minimum Gasteiger partial charge on any atom is -0.371 e. The number of Topliss-reactive ketones (excluding diaryl/α,β-unsaturated/α-hetero) is 1. The summed E-state index contributed by atoms with van der Waals surface area (Å²) in [6, 6.07) is 10.2. The Balaban J connectivity index is 2.16. The molecule has 1 atom stereocenters. The quantitative estimate of drug-likeness (QED) is 0.763. The van der Waals surface area contributed by atoms with Crippen LogP contribution in [0.1, 0.15) is 37.6 Å². The summed E-state index contributed by atoms with van der Waals surface area (Å²) in [5.41, 5.74) is 1.89. The number of nitriles is 1. The maximum absolute atomic E-state index is 11.3. The molecule has 0 saturated carbocycles.